The van der Waals surface area contributed by atoms with Gasteiger partial charge in [-0.15, -0.1) is 0 Å². The van der Waals surface area contributed by atoms with Crippen molar-refractivity contribution >= 4 is 17.4 Å². The summed E-state index contributed by atoms with van der Waals surface area (Å²) in [5, 5.41) is 9.61. The van der Waals surface area contributed by atoms with E-state index in [4.69, 9.17) is 9.72 Å². The molecule has 3 aliphatic rings. The van der Waals surface area contributed by atoms with Crippen LogP contribution in [0.1, 0.15) is 35.2 Å². The lowest BCUT2D eigenvalue weighted by molar-refractivity contribution is -0.122. The maximum Gasteiger partial charge on any atom is 0.230 e. The average Bonchev–Trinajstić information content (AvgIpc) is 3.22. The molecule has 2 aromatic rings. The van der Waals surface area contributed by atoms with Gasteiger partial charge >= 0.3 is 0 Å². The van der Waals surface area contributed by atoms with E-state index in [1.807, 2.05) is 23.1 Å². The fraction of sp³-hybridized carbons (Fsp3) is 0.435. The first kappa shape index (κ1) is 18.1. The number of anilines is 2. The molecule has 4 heterocycles. The third-order valence-corrected chi connectivity index (χ3v) is 6.33. The molecule has 1 fully saturated rings. The maximum atomic E-state index is 13.1. The van der Waals surface area contributed by atoms with Crippen LogP contribution in [0.2, 0.25) is 0 Å². The summed E-state index contributed by atoms with van der Waals surface area (Å²) in [5.41, 5.74) is 5.00. The number of hydrogen-bond acceptors (Lipinski definition) is 5. The van der Waals surface area contributed by atoms with Crippen LogP contribution < -0.4 is 9.80 Å². The molecule has 29 heavy (non-hydrogen) atoms. The Morgan fingerprint density at radius 3 is 2.79 bits per heavy atom. The number of benzene rings is 1. The van der Waals surface area contributed by atoms with Gasteiger partial charge in [-0.1, -0.05) is 18.2 Å². The molecule has 5 rings (SSSR count). The van der Waals surface area contributed by atoms with Crippen LogP contribution in [0, 0.1) is 17.2 Å². The second-order valence-electron chi connectivity index (χ2n) is 8.01. The molecule has 1 aromatic carbocycles. The molecule has 0 bridgehead atoms. The fourth-order valence-corrected chi connectivity index (χ4v) is 4.72. The highest BCUT2D eigenvalue weighted by molar-refractivity contribution is 5.97. The first-order chi connectivity index (χ1) is 14.2. The van der Waals surface area contributed by atoms with Gasteiger partial charge in [0.1, 0.15) is 11.9 Å². The summed E-state index contributed by atoms with van der Waals surface area (Å²) in [7, 11) is 0. The van der Waals surface area contributed by atoms with Gasteiger partial charge in [-0.25, -0.2) is 4.98 Å². The molecule has 1 saturated heterocycles. The number of amides is 1. The van der Waals surface area contributed by atoms with E-state index in [9.17, 15) is 10.1 Å². The Bertz CT molecular complexity index is 989. The van der Waals surface area contributed by atoms with Gasteiger partial charge in [0.25, 0.3) is 0 Å². The van der Waals surface area contributed by atoms with Crippen molar-refractivity contribution in [1.29, 1.82) is 5.26 Å². The standard InChI is InChI=1S/C23H24N4O2/c24-14-18-13-19-15-29-12-8-20(19)25-22(18)26-9-5-17(6-10-26)23(28)27-11-7-16-3-1-2-4-21(16)27/h1-4,13,17H,5-12,15H2. The minimum absolute atomic E-state index is 0.0361. The minimum Gasteiger partial charge on any atom is -0.376 e. The van der Waals surface area contributed by atoms with Gasteiger partial charge in [-0.3, -0.25) is 4.79 Å². The van der Waals surface area contributed by atoms with E-state index in [0.717, 1.165) is 68.1 Å². The zero-order valence-electron chi connectivity index (χ0n) is 16.4. The summed E-state index contributed by atoms with van der Waals surface area (Å²) in [6.07, 6.45) is 3.32. The molecular formula is C23H24N4O2. The number of aromatic nitrogens is 1. The number of hydrogen-bond donors (Lipinski definition) is 0. The second-order valence-corrected chi connectivity index (χ2v) is 8.01. The monoisotopic (exact) mass is 388 g/mol. The lowest BCUT2D eigenvalue weighted by atomic mass is 9.94. The van der Waals surface area contributed by atoms with Crippen LogP contribution in [-0.2, 0) is 29.0 Å². The Labute approximate surface area is 170 Å². The highest BCUT2D eigenvalue weighted by Crippen LogP contribution is 2.32. The third kappa shape index (κ3) is 3.26. The van der Waals surface area contributed by atoms with Crippen molar-refractivity contribution in [3.05, 3.63) is 52.7 Å². The van der Waals surface area contributed by atoms with Gasteiger partial charge in [-0.2, -0.15) is 5.26 Å². The number of fused-ring (bicyclic) bond motifs is 2. The third-order valence-electron chi connectivity index (χ3n) is 6.33. The van der Waals surface area contributed by atoms with Crippen molar-refractivity contribution in [1.82, 2.24) is 4.98 Å². The molecule has 0 spiro atoms. The molecule has 0 radical (unpaired) electrons. The lowest BCUT2D eigenvalue weighted by Crippen LogP contribution is -2.42. The molecular weight excluding hydrogens is 364 g/mol. The van der Waals surface area contributed by atoms with E-state index in [1.165, 1.54) is 5.56 Å². The van der Waals surface area contributed by atoms with Gasteiger partial charge < -0.3 is 14.5 Å². The summed E-state index contributed by atoms with van der Waals surface area (Å²) < 4.78 is 5.49. The molecule has 0 saturated carbocycles. The van der Waals surface area contributed by atoms with Gasteiger partial charge in [0.05, 0.1) is 24.5 Å². The van der Waals surface area contributed by atoms with Crippen molar-refractivity contribution in [3.8, 4) is 6.07 Å². The minimum atomic E-state index is 0.0361. The number of carbonyl (C=O) groups excluding carboxylic acids is 1. The lowest BCUT2D eigenvalue weighted by Gasteiger charge is -2.35. The quantitative estimate of drug-likeness (QED) is 0.791. The molecule has 1 amide bonds. The maximum absolute atomic E-state index is 13.1. The Morgan fingerprint density at radius 2 is 1.97 bits per heavy atom. The van der Waals surface area contributed by atoms with Crippen molar-refractivity contribution in [2.24, 2.45) is 5.92 Å². The first-order valence-corrected chi connectivity index (χ1v) is 10.4. The molecule has 0 N–H and O–H groups in total. The number of para-hydroxylation sites is 1. The number of ether oxygens (including phenoxy) is 1. The molecule has 148 valence electrons. The van der Waals surface area contributed by atoms with E-state index < -0.39 is 0 Å². The van der Waals surface area contributed by atoms with Crippen LogP contribution in [0.4, 0.5) is 11.5 Å². The number of piperidine rings is 1. The Morgan fingerprint density at radius 1 is 1.14 bits per heavy atom. The number of nitriles is 1. The number of carbonyl (C=O) groups is 1. The van der Waals surface area contributed by atoms with Gasteiger partial charge in [0.15, 0.2) is 0 Å². The summed E-state index contributed by atoms with van der Waals surface area (Å²) in [6.45, 7) is 3.50. The van der Waals surface area contributed by atoms with Crippen molar-refractivity contribution < 1.29 is 9.53 Å². The second kappa shape index (κ2) is 7.49. The van der Waals surface area contributed by atoms with Crippen molar-refractivity contribution in [3.63, 3.8) is 0 Å². The molecule has 3 aliphatic heterocycles. The molecule has 0 unspecified atom stereocenters. The topological polar surface area (TPSA) is 69.5 Å². The van der Waals surface area contributed by atoms with Gasteiger partial charge in [0, 0.05) is 43.2 Å². The molecule has 0 atom stereocenters. The van der Waals surface area contributed by atoms with Gasteiger partial charge in [-0.05, 0) is 37.0 Å². The first-order valence-electron chi connectivity index (χ1n) is 10.4. The van der Waals surface area contributed by atoms with Gasteiger partial charge in [0.2, 0.25) is 5.91 Å². The predicted molar refractivity (Wildman–Crippen MR) is 110 cm³/mol. The molecule has 0 aliphatic carbocycles. The summed E-state index contributed by atoms with van der Waals surface area (Å²) in [6, 6.07) is 12.4. The molecule has 6 nitrogen and oxygen atoms in total. The zero-order chi connectivity index (χ0) is 19.8. The molecule has 1 aromatic heterocycles. The highest BCUT2D eigenvalue weighted by Gasteiger charge is 2.33. The predicted octanol–water partition coefficient (Wildman–Crippen LogP) is 2.83. The van der Waals surface area contributed by atoms with E-state index >= 15 is 0 Å². The number of pyridine rings is 1. The number of nitrogens with zero attached hydrogens (tertiary/aromatic N) is 4. The summed E-state index contributed by atoms with van der Waals surface area (Å²) in [4.78, 5) is 22.1. The SMILES string of the molecule is N#Cc1cc2c(nc1N1CCC(C(=O)N3CCc4ccccc43)CC1)CCOC2. The van der Waals surface area contributed by atoms with E-state index in [1.54, 1.807) is 0 Å². The Hall–Kier alpha value is -2.91. The van der Waals surface area contributed by atoms with Crippen LogP contribution in [0.5, 0.6) is 0 Å². The van der Waals surface area contributed by atoms with Crippen LogP contribution in [0.15, 0.2) is 30.3 Å². The summed E-state index contributed by atoms with van der Waals surface area (Å²) >= 11 is 0. The normalized spacial score (nSPS) is 18.9. The molecule has 6 heteroatoms. The smallest absolute Gasteiger partial charge is 0.230 e. The van der Waals surface area contributed by atoms with Crippen LogP contribution in [0.3, 0.4) is 0 Å². The number of rotatable bonds is 2. The van der Waals surface area contributed by atoms with E-state index in [2.05, 4.69) is 23.1 Å². The zero-order valence-corrected chi connectivity index (χ0v) is 16.4. The van der Waals surface area contributed by atoms with Crippen LogP contribution in [0.25, 0.3) is 0 Å². The fourth-order valence-electron chi connectivity index (χ4n) is 4.72. The van der Waals surface area contributed by atoms with Crippen molar-refractivity contribution in [2.75, 3.05) is 36.0 Å². The average molecular weight is 388 g/mol. The Balaban J connectivity index is 1.30. The van der Waals surface area contributed by atoms with Crippen LogP contribution >= 0.6 is 0 Å². The van der Waals surface area contributed by atoms with E-state index in [0.29, 0.717) is 18.8 Å². The Kier molecular flexibility index (Phi) is 4.69. The van der Waals surface area contributed by atoms with Crippen molar-refractivity contribution in [2.45, 2.75) is 32.3 Å². The largest absolute Gasteiger partial charge is 0.376 e. The summed E-state index contributed by atoms with van der Waals surface area (Å²) in [5.74, 6) is 1.05. The van der Waals surface area contributed by atoms with E-state index in [-0.39, 0.29) is 11.8 Å². The van der Waals surface area contributed by atoms with Crippen LogP contribution in [-0.4, -0.2) is 37.1 Å². The highest BCUT2D eigenvalue weighted by atomic mass is 16.5.